The number of nitrogens with zero attached hydrogens (tertiary/aromatic N) is 5. The topological polar surface area (TPSA) is 119 Å². The van der Waals surface area contributed by atoms with Crippen LogP contribution in [0.1, 0.15) is 75.5 Å². The van der Waals surface area contributed by atoms with Gasteiger partial charge in [-0.15, -0.1) is 0 Å². The Kier molecular flexibility index (Phi) is 8.98. The number of fused-ring (bicyclic) bond motifs is 6. The highest BCUT2D eigenvalue weighted by Crippen LogP contribution is 2.40. The maximum absolute atomic E-state index is 13.7. The molecule has 0 amide bonds. The summed E-state index contributed by atoms with van der Waals surface area (Å²) in [5, 5.41) is 0. The molecule has 0 saturated carbocycles. The second kappa shape index (κ2) is 13.0. The van der Waals surface area contributed by atoms with Crippen molar-refractivity contribution in [1.82, 2.24) is 24.8 Å². The first-order valence-electron chi connectivity index (χ1n) is 15.9. The average molecular weight is 643 g/mol. The summed E-state index contributed by atoms with van der Waals surface area (Å²) >= 11 is 0. The fourth-order valence-corrected chi connectivity index (χ4v) is 7.62. The summed E-state index contributed by atoms with van der Waals surface area (Å²) in [4.78, 5) is 21.3. The molecule has 2 aliphatic heterocycles. The molecule has 1 N–H and O–H groups in total. The minimum atomic E-state index is -4.00. The molecule has 4 atom stereocenters. The first kappa shape index (κ1) is 31.9. The number of rotatable bonds is 6. The summed E-state index contributed by atoms with van der Waals surface area (Å²) in [7, 11) is -4.00. The number of piperidine rings is 1. The lowest BCUT2D eigenvalue weighted by Crippen LogP contribution is -2.52. The number of hydrogen-bond acceptors (Lipinski definition) is 9. The van der Waals surface area contributed by atoms with E-state index in [1.807, 2.05) is 58.0 Å². The van der Waals surface area contributed by atoms with E-state index >= 15 is 0 Å². The minimum absolute atomic E-state index is 0.0205. The molecule has 0 radical (unpaired) electrons. The number of aromatic nitrogens is 4. The second-order valence-corrected chi connectivity index (χ2v) is 14.7. The molecule has 2 aromatic carbocycles. The molecule has 1 unspecified atom stereocenters. The fraction of sp³-hybridized carbons (Fsp3) is 0.429. The van der Waals surface area contributed by atoms with E-state index in [9.17, 15) is 8.42 Å². The van der Waals surface area contributed by atoms with Crippen molar-refractivity contribution in [1.29, 1.82) is 0 Å². The van der Waals surface area contributed by atoms with Gasteiger partial charge in [-0.3, -0.25) is 4.90 Å². The largest absolute Gasteiger partial charge is 0.488 e. The molecule has 242 valence electrons. The molecule has 1 saturated heterocycles. The molecule has 0 spiro atoms. The van der Waals surface area contributed by atoms with E-state index in [4.69, 9.17) is 19.4 Å². The summed E-state index contributed by atoms with van der Waals surface area (Å²) in [6.07, 6.45) is 5.63. The average Bonchev–Trinajstić information content (AvgIpc) is 2.98. The van der Waals surface area contributed by atoms with E-state index in [0.717, 1.165) is 41.5 Å². The summed E-state index contributed by atoms with van der Waals surface area (Å²) in [5.41, 5.74) is 4.44. The molecule has 46 heavy (non-hydrogen) atoms. The number of aryl methyl sites for hydroxylation is 2. The number of nitrogens with one attached hydrogen (secondary N) is 1. The van der Waals surface area contributed by atoms with Crippen molar-refractivity contribution in [2.45, 2.75) is 96.5 Å². The molecule has 2 aliphatic rings. The van der Waals surface area contributed by atoms with Gasteiger partial charge >= 0.3 is 0 Å². The van der Waals surface area contributed by atoms with E-state index in [1.54, 1.807) is 30.6 Å². The van der Waals surface area contributed by atoms with E-state index in [1.165, 1.54) is 0 Å². The number of sulfonamides is 1. The van der Waals surface area contributed by atoms with Gasteiger partial charge in [-0.1, -0.05) is 44.2 Å². The number of anilines is 1. The van der Waals surface area contributed by atoms with E-state index in [2.05, 4.69) is 33.4 Å². The van der Waals surface area contributed by atoms with Crippen LogP contribution in [0.5, 0.6) is 11.6 Å². The van der Waals surface area contributed by atoms with Gasteiger partial charge in [-0.2, -0.15) is 4.98 Å². The fourth-order valence-electron chi connectivity index (χ4n) is 6.60. The summed E-state index contributed by atoms with van der Waals surface area (Å²) < 4.78 is 42.6. The third-order valence-electron chi connectivity index (χ3n) is 8.52. The van der Waals surface area contributed by atoms with Gasteiger partial charge in [0.05, 0.1) is 35.1 Å². The molecule has 4 heterocycles. The van der Waals surface area contributed by atoms with Crippen LogP contribution in [0.3, 0.4) is 0 Å². The van der Waals surface area contributed by atoms with Crippen LogP contribution in [0.4, 0.5) is 5.95 Å². The standard InChI is InChI=1S/C35H42N6O4S/c1-21(2)15-30-31-14-13-29(34-36-18-26(19-37-34)44-22(3)4)41(30)20-25-11-8-12-27(16-25)46(42,43)40-35-38-28(17-32(39-35)45-31)33-23(5)9-7-10-24(33)6/h7-12,16-19,21-22,29-31H,13-15,20H2,1-6H3,(H,38,39,40)/t29-,30-,31-/m1/s1. The molecule has 10 nitrogen and oxygen atoms in total. The Hall–Kier alpha value is -4.09. The Bertz CT molecular complexity index is 1790. The van der Waals surface area contributed by atoms with Crippen molar-refractivity contribution in [3.8, 4) is 22.9 Å². The van der Waals surface area contributed by atoms with Crippen LogP contribution < -0.4 is 14.2 Å². The first-order chi connectivity index (χ1) is 22.0. The van der Waals surface area contributed by atoms with Gasteiger partial charge < -0.3 is 9.47 Å². The lowest BCUT2D eigenvalue weighted by Gasteiger charge is -2.46. The van der Waals surface area contributed by atoms with Gasteiger partial charge in [0.15, 0.2) is 5.75 Å². The molecule has 0 aliphatic carbocycles. The van der Waals surface area contributed by atoms with E-state index in [-0.39, 0.29) is 35.1 Å². The van der Waals surface area contributed by atoms with E-state index < -0.39 is 10.0 Å². The van der Waals surface area contributed by atoms with Crippen molar-refractivity contribution in [2.24, 2.45) is 5.92 Å². The van der Waals surface area contributed by atoms with Crippen molar-refractivity contribution in [3.63, 3.8) is 0 Å². The van der Waals surface area contributed by atoms with Gasteiger partial charge in [-0.05, 0) is 81.7 Å². The third-order valence-corrected chi connectivity index (χ3v) is 9.85. The predicted molar refractivity (Wildman–Crippen MR) is 177 cm³/mol. The normalized spacial score (nSPS) is 22.2. The van der Waals surface area contributed by atoms with Gasteiger partial charge in [0.2, 0.25) is 11.8 Å². The highest BCUT2D eigenvalue weighted by molar-refractivity contribution is 7.92. The zero-order valence-corrected chi connectivity index (χ0v) is 28.1. The zero-order chi connectivity index (χ0) is 32.6. The van der Waals surface area contributed by atoms with Crippen molar-refractivity contribution in [3.05, 3.63) is 83.4 Å². The first-order valence-corrected chi connectivity index (χ1v) is 17.4. The summed E-state index contributed by atoms with van der Waals surface area (Å²) in [6, 6.07) is 14.8. The van der Waals surface area contributed by atoms with Gasteiger partial charge in [-0.25, -0.2) is 28.1 Å². The van der Waals surface area contributed by atoms with Crippen LogP contribution in [-0.4, -0.2) is 51.5 Å². The lowest BCUT2D eigenvalue weighted by atomic mass is 9.86. The van der Waals surface area contributed by atoms with Gasteiger partial charge in [0.1, 0.15) is 11.9 Å². The third kappa shape index (κ3) is 6.85. The zero-order valence-electron chi connectivity index (χ0n) is 27.3. The monoisotopic (exact) mass is 642 g/mol. The number of hydrogen-bond donors (Lipinski definition) is 1. The predicted octanol–water partition coefficient (Wildman–Crippen LogP) is 6.65. The molecule has 1 fully saturated rings. The molecule has 6 rings (SSSR count). The van der Waals surface area contributed by atoms with Crippen LogP contribution in [-0.2, 0) is 16.6 Å². The van der Waals surface area contributed by atoms with Crippen LogP contribution in [0, 0.1) is 19.8 Å². The number of benzene rings is 2. The summed E-state index contributed by atoms with van der Waals surface area (Å²) in [6.45, 7) is 12.9. The highest BCUT2D eigenvalue weighted by Gasteiger charge is 2.41. The molecular formula is C35H42N6O4S. The maximum atomic E-state index is 13.7. The van der Waals surface area contributed by atoms with Gasteiger partial charge in [0.25, 0.3) is 10.0 Å². The van der Waals surface area contributed by atoms with Crippen molar-refractivity contribution < 1.29 is 17.9 Å². The minimum Gasteiger partial charge on any atom is -0.488 e. The Labute approximate surface area is 271 Å². The Morgan fingerprint density at radius 3 is 2.39 bits per heavy atom. The van der Waals surface area contributed by atoms with Crippen LogP contribution in [0.25, 0.3) is 11.3 Å². The molecular weight excluding hydrogens is 600 g/mol. The van der Waals surface area contributed by atoms with Crippen molar-refractivity contribution in [2.75, 3.05) is 4.72 Å². The van der Waals surface area contributed by atoms with E-state index in [0.29, 0.717) is 35.6 Å². The number of ether oxygens (including phenoxy) is 2. The maximum Gasteiger partial charge on any atom is 0.264 e. The SMILES string of the molecule is Cc1cccc(C)c1-c1cc2nc(n1)NS(=O)(=O)c1cccc(c1)CN1[C@@H](c3ncc(OC(C)C)cn3)CC[C@@H](O2)[C@H]1CC(C)C. The Morgan fingerprint density at radius 1 is 0.978 bits per heavy atom. The molecule has 4 aromatic rings. The summed E-state index contributed by atoms with van der Waals surface area (Å²) in [5.74, 6) is 2.02. The highest BCUT2D eigenvalue weighted by atomic mass is 32.2. The lowest BCUT2D eigenvalue weighted by molar-refractivity contribution is -0.0284. The second-order valence-electron chi connectivity index (χ2n) is 13.0. The smallest absolute Gasteiger partial charge is 0.264 e. The molecule has 2 aromatic heterocycles. The quantitative estimate of drug-likeness (QED) is 0.246. The Balaban J connectivity index is 1.49. The Morgan fingerprint density at radius 2 is 1.70 bits per heavy atom. The van der Waals surface area contributed by atoms with Crippen LogP contribution in [0.15, 0.2) is 65.8 Å². The molecule has 6 bridgehead atoms. The van der Waals surface area contributed by atoms with Crippen LogP contribution >= 0.6 is 0 Å². The van der Waals surface area contributed by atoms with Crippen LogP contribution in [0.2, 0.25) is 0 Å². The molecule has 11 heteroatoms. The van der Waals surface area contributed by atoms with Gasteiger partial charge in [0, 0.05) is 24.2 Å². The van der Waals surface area contributed by atoms with Crippen molar-refractivity contribution >= 4 is 16.0 Å².